The molecule has 0 amide bonds. The summed E-state index contributed by atoms with van der Waals surface area (Å²) in [6.45, 7) is 4.55. The van der Waals surface area contributed by atoms with Crippen LogP contribution in [0.25, 0.3) is 0 Å². The van der Waals surface area contributed by atoms with E-state index in [1.165, 1.54) is 57.8 Å². The van der Waals surface area contributed by atoms with Gasteiger partial charge in [0.15, 0.2) is 0 Å². The van der Waals surface area contributed by atoms with Crippen molar-refractivity contribution < 1.29 is 19.8 Å². The van der Waals surface area contributed by atoms with E-state index < -0.39 is 17.9 Å². The molecule has 2 unspecified atom stereocenters. The van der Waals surface area contributed by atoms with Crippen molar-refractivity contribution in [1.29, 1.82) is 0 Å². The maximum absolute atomic E-state index is 11.0. The summed E-state index contributed by atoms with van der Waals surface area (Å²) in [5, 5.41) is 17.7. The van der Waals surface area contributed by atoms with Gasteiger partial charge in [-0.1, -0.05) is 90.9 Å². The zero-order valence-corrected chi connectivity index (χ0v) is 15.8. The summed E-state index contributed by atoms with van der Waals surface area (Å²) in [6.07, 6.45) is 15.1. The third-order valence-electron chi connectivity index (χ3n) is 4.82. The topological polar surface area (TPSA) is 74.6 Å². The minimum atomic E-state index is -1.02. The number of aliphatic carboxylic acids is 2. The molecule has 0 aromatic heterocycles. The third kappa shape index (κ3) is 14.5. The molecular formula is C20H38O4. The minimum absolute atomic E-state index is 0.260. The van der Waals surface area contributed by atoms with Crippen LogP contribution in [-0.2, 0) is 9.59 Å². The Balaban J connectivity index is 3.52. The van der Waals surface area contributed by atoms with Crippen LogP contribution in [0.2, 0.25) is 0 Å². The van der Waals surface area contributed by atoms with Gasteiger partial charge in [-0.25, -0.2) is 0 Å². The molecule has 142 valence electrons. The van der Waals surface area contributed by atoms with Crippen LogP contribution in [-0.4, -0.2) is 22.2 Å². The smallest absolute Gasteiger partial charge is 0.307 e. The summed E-state index contributed by atoms with van der Waals surface area (Å²) in [4.78, 5) is 21.6. The number of carboxylic acids is 2. The molecule has 0 rings (SSSR count). The Bertz CT molecular complexity index is 328. The molecule has 0 aromatic carbocycles. The van der Waals surface area contributed by atoms with E-state index in [0.717, 1.165) is 25.2 Å². The predicted molar refractivity (Wildman–Crippen MR) is 98.2 cm³/mol. The second-order valence-corrected chi connectivity index (χ2v) is 7.29. The van der Waals surface area contributed by atoms with Gasteiger partial charge in [-0.3, -0.25) is 9.59 Å². The first kappa shape index (κ1) is 22.9. The van der Waals surface area contributed by atoms with Crippen molar-refractivity contribution in [2.75, 3.05) is 0 Å². The molecular weight excluding hydrogens is 304 g/mol. The quantitative estimate of drug-likeness (QED) is 0.323. The molecule has 0 fully saturated rings. The average molecular weight is 343 g/mol. The van der Waals surface area contributed by atoms with Gasteiger partial charge in [0.2, 0.25) is 0 Å². The van der Waals surface area contributed by atoms with Crippen molar-refractivity contribution in [1.82, 2.24) is 0 Å². The summed E-state index contributed by atoms with van der Waals surface area (Å²) in [5.41, 5.74) is 0. The summed E-state index contributed by atoms with van der Waals surface area (Å²) >= 11 is 0. The molecule has 0 spiro atoms. The standard InChI is InChI=1S/C20H38O4/c1-3-4-5-6-7-8-10-13-17(2)14-11-9-12-15-18(20(23)24)16-19(21)22/h17-18H,3-16H2,1-2H3,(H,21,22)(H,23,24). The van der Waals surface area contributed by atoms with Crippen LogP contribution >= 0.6 is 0 Å². The van der Waals surface area contributed by atoms with Crippen molar-refractivity contribution in [2.45, 2.75) is 104 Å². The Labute approximate surface area is 148 Å². The second-order valence-electron chi connectivity index (χ2n) is 7.29. The monoisotopic (exact) mass is 342 g/mol. The van der Waals surface area contributed by atoms with Crippen LogP contribution in [0.4, 0.5) is 0 Å². The van der Waals surface area contributed by atoms with Crippen molar-refractivity contribution in [2.24, 2.45) is 11.8 Å². The van der Waals surface area contributed by atoms with Gasteiger partial charge in [0.1, 0.15) is 0 Å². The van der Waals surface area contributed by atoms with Gasteiger partial charge >= 0.3 is 11.9 Å². The van der Waals surface area contributed by atoms with Crippen LogP contribution in [0, 0.1) is 11.8 Å². The molecule has 0 saturated carbocycles. The van der Waals surface area contributed by atoms with Crippen molar-refractivity contribution in [3.63, 3.8) is 0 Å². The highest BCUT2D eigenvalue weighted by atomic mass is 16.4. The number of carbonyl (C=O) groups is 2. The minimum Gasteiger partial charge on any atom is -0.481 e. The normalized spacial score (nSPS) is 13.6. The largest absolute Gasteiger partial charge is 0.481 e. The fourth-order valence-corrected chi connectivity index (χ4v) is 3.18. The van der Waals surface area contributed by atoms with E-state index in [0.29, 0.717) is 6.42 Å². The molecule has 0 aliphatic heterocycles. The average Bonchev–Trinajstić information content (AvgIpc) is 2.52. The lowest BCUT2D eigenvalue weighted by Crippen LogP contribution is -2.17. The lowest BCUT2D eigenvalue weighted by atomic mass is 9.94. The fourth-order valence-electron chi connectivity index (χ4n) is 3.18. The molecule has 0 aromatic rings. The summed E-state index contributed by atoms with van der Waals surface area (Å²) in [6, 6.07) is 0. The van der Waals surface area contributed by atoms with Gasteiger partial charge in [0.25, 0.3) is 0 Å². The molecule has 0 heterocycles. The molecule has 4 nitrogen and oxygen atoms in total. The third-order valence-corrected chi connectivity index (χ3v) is 4.82. The lowest BCUT2D eigenvalue weighted by molar-refractivity contribution is -0.148. The number of hydrogen-bond acceptors (Lipinski definition) is 2. The van der Waals surface area contributed by atoms with E-state index in [9.17, 15) is 9.59 Å². The molecule has 0 aliphatic rings. The lowest BCUT2D eigenvalue weighted by Gasteiger charge is -2.12. The van der Waals surface area contributed by atoms with Crippen LogP contribution < -0.4 is 0 Å². The van der Waals surface area contributed by atoms with E-state index >= 15 is 0 Å². The van der Waals surface area contributed by atoms with E-state index in [4.69, 9.17) is 10.2 Å². The first-order chi connectivity index (χ1) is 11.5. The van der Waals surface area contributed by atoms with E-state index in [-0.39, 0.29) is 6.42 Å². The summed E-state index contributed by atoms with van der Waals surface area (Å²) < 4.78 is 0. The molecule has 0 radical (unpaired) electrons. The highest BCUT2D eigenvalue weighted by Crippen LogP contribution is 2.20. The molecule has 0 aliphatic carbocycles. The van der Waals surface area contributed by atoms with E-state index in [1.54, 1.807) is 0 Å². The van der Waals surface area contributed by atoms with Crippen molar-refractivity contribution >= 4 is 11.9 Å². The number of rotatable bonds is 17. The van der Waals surface area contributed by atoms with E-state index in [2.05, 4.69) is 13.8 Å². The van der Waals surface area contributed by atoms with Crippen LogP contribution in [0.1, 0.15) is 104 Å². The van der Waals surface area contributed by atoms with Gasteiger partial charge in [0, 0.05) is 0 Å². The fraction of sp³-hybridized carbons (Fsp3) is 0.900. The second kappa shape index (κ2) is 15.5. The summed E-state index contributed by atoms with van der Waals surface area (Å²) in [5.74, 6) is -1.99. The Hall–Kier alpha value is -1.06. The first-order valence-electron chi connectivity index (χ1n) is 9.92. The Kier molecular flexibility index (Phi) is 14.8. The van der Waals surface area contributed by atoms with Crippen LogP contribution in [0.15, 0.2) is 0 Å². The highest BCUT2D eigenvalue weighted by molar-refractivity contribution is 5.77. The molecule has 4 heteroatoms. The molecule has 2 atom stereocenters. The zero-order chi connectivity index (χ0) is 18.2. The molecule has 24 heavy (non-hydrogen) atoms. The Morgan fingerprint density at radius 2 is 1.21 bits per heavy atom. The van der Waals surface area contributed by atoms with Gasteiger partial charge in [-0.2, -0.15) is 0 Å². The number of unbranched alkanes of at least 4 members (excludes halogenated alkanes) is 8. The Morgan fingerprint density at radius 3 is 1.71 bits per heavy atom. The van der Waals surface area contributed by atoms with Crippen molar-refractivity contribution in [3.05, 3.63) is 0 Å². The summed E-state index contributed by atoms with van der Waals surface area (Å²) in [7, 11) is 0. The van der Waals surface area contributed by atoms with E-state index in [1.807, 2.05) is 0 Å². The van der Waals surface area contributed by atoms with Gasteiger partial charge in [-0.15, -0.1) is 0 Å². The Morgan fingerprint density at radius 1 is 0.750 bits per heavy atom. The number of carboxylic acid groups (broad SMARTS) is 2. The predicted octanol–water partition coefficient (Wildman–Crippen LogP) is 5.89. The maximum atomic E-state index is 11.0. The van der Waals surface area contributed by atoms with Crippen LogP contribution in [0.3, 0.4) is 0 Å². The number of hydrogen-bond donors (Lipinski definition) is 2. The zero-order valence-electron chi connectivity index (χ0n) is 15.8. The SMILES string of the molecule is CCCCCCCCCC(C)CCCCCC(CC(=O)O)C(=O)O. The first-order valence-corrected chi connectivity index (χ1v) is 9.92. The molecule has 0 bridgehead atoms. The van der Waals surface area contributed by atoms with Gasteiger partial charge in [0.05, 0.1) is 12.3 Å². The van der Waals surface area contributed by atoms with Gasteiger partial charge in [-0.05, 0) is 12.3 Å². The maximum Gasteiger partial charge on any atom is 0.307 e. The molecule has 0 saturated heterocycles. The van der Waals surface area contributed by atoms with Gasteiger partial charge < -0.3 is 10.2 Å². The highest BCUT2D eigenvalue weighted by Gasteiger charge is 2.20. The van der Waals surface area contributed by atoms with Crippen LogP contribution in [0.5, 0.6) is 0 Å². The van der Waals surface area contributed by atoms with Crippen molar-refractivity contribution in [3.8, 4) is 0 Å². The molecule has 2 N–H and O–H groups in total.